The van der Waals surface area contributed by atoms with E-state index >= 15 is 0 Å². The van der Waals surface area contributed by atoms with Crippen molar-refractivity contribution in [3.05, 3.63) is 12.7 Å². The minimum Gasteiger partial charge on any atom is -0.377 e. The zero-order valence-electron chi connectivity index (χ0n) is 6.75. The van der Waals surface area contributed by atoms with Gasteiger partial charge >= 0.3 is 0 Å². The number of nitrogens with zero attached hydrogens (tertiary/aromatic N) is 1. The molecule has 3 nitrogen and oxygen atoms in total. The highest BCUT2D eigenvalue weighted by Gasteiger charge is 2.21. The standard InChI is InChI=1S/C8H13NO2/c1-3-8(10)9-4-5-11-6-7(9)2/h3,7H,1,4-6H2,2H3/t7-/m1/s1. The SMILES string of the molecule is C=CC(=O)N1CCOC[C@H]1C. The molecule has 11 heavy (non-hydrogen) atoms. The second kappa shape index (κ2) is 3.53. The van der Waals surface area contributed by atoms with Gasteiger partial charge in [0.2, 0.25) is 5.91 Å². The lowest BCUT2D eigenvalue weighted by Crippen LogP contribution is -2.46. The van der Waals surface area contributed by atoms with Gasteiger partial charge in [0, 0.05) is 6.54 Å². The van der Waals surface area contributed by atoms with Gasteiger partial charge in [-0.15, -0.1) is 0 Å². The van der Waals surface area contributed by atoms with Crippen LogP contribution in [0.4, 0.5) is 0 Å². The van der Waals surface area contributed by atoms with E-state index in [0.29, 0.717) is 19.8 Å². The molecule has 1 saturated heterocycles. The van der Waals surface area contributed by atoms with Gasteiger partial charge in [-0.1, -0.05) is 6.58 Å². The molecule has 0 bridgehead atoms. The van der Waals surface area contributed by atoms with E-state index in [1.54, 1.807) is 4.90 Å². The number of amides is 1. The Balaban J connectivity index is 2.53. The third-order valence-corrected chi connectivity index (χ3v) is 1.83. The first-order valence-corrected chi connectivity index (χ1v) is 3.76. The van der Waals surface area contributed by atoms with Crippen molar-refractivity contribution in [2.24, 2.45) is 0 Å². The van der Waals surface area contributed by atoms with Crippen molar-refractivity contribution in [3.8, 4) is 0 Å². The zero-order valence-corrected chi connectivity index (χ0v) is 6.75. The Morgan fingerprint density at radius 1 is 1.82 bits per heavy atom. The molecule has 0 spiro atoms. The molecule has 1 fully saturated rings. The Bertz CT molecular complexity index is 167. The number of carbonyl (C=O) groups is 1. The normalized spacial score (nSPS) is 24.8. The fourth-order valence-electron chi connectivity index (χ4n) is 1.17. The second-order valence-corrected chi connectivity index (χ2v) is 2.66. The summed E-state index contributed by atoms with van der Waals surface area (Å²) >= 11 is 0. The average Bonchev–Trinajstić information content (AvgIpc) is 2.04. The maximum absolute atomic E-state index is 11.1. The molecule has 0 aliphatic carbocycles. The zero-order chi connectivity index (χ0) is 8.27. The van der Waals surface area contributed by atoms with Gasteiger partial charge in [0.05, 0.1) is 19.3 Å². The maximum Gasteiger partial charge on any atom is 0.246 e. The quantitative estimate of drug-likeness (QED) is 0.513. The summed E-state index contributed by atoms with van der Waals surface area (Å²) in [6.07, 6.45) is 1.35. The van der Waals surface area contributed by atoms with E-state index in [9.17, 15) is 4.79 Å². The largest absolute Gasteiger partial charge is 0.377 e. The van der Waals surface area contributed by atoms with Crippen molar-refractivity contribution in [1.29, 1.82) is 0 Å². The monoisotopic (exact) mass is 155 g/mol. The van der Waals surface area contributed by atoms with Gasteiger partial charge < -0.3 is 9.64 Å². The van der Waals surface area contributed by atoms with Gasteiger partial charge in [0.15, 0.2) is 0 Å². The molecule has 1 amide bonds. The molecule has 3 heteroatoms. The van der Waals surface area contributed by atoms with E-state index in [2.05, 4.69) is 6.58 Å². The lowest BCUT2D eigenvalue weighted by Gasteiger charge is -2.32. The smallest absolute Gasteiger partial charge is 0.246 e. The topological polar surface area (TPSA) is 29.5 Å². The molecule has 1 atom stereocenters. The molecule has 1 rings (SSSR count). The van der Waals surface area contributed by atoms with Gasteiger partial charge in [-0.2, -0.15) is 0 Å². The van der Waals surface area contributed by atoms with E-state index in [4.69, 9.17) is 4.74 Å². The van der Waals surface area contributed by atoms with Crippen molar-refractivity contribution in [1.82, 2.24) is 4.90 Å². The van der Waals surface area contributed by atoms with E-state index in [1.165, 1.54) is 6.08 Å². The highest BCUT2D eigenvalue weighted by molar-refractivity contribution is 5.87. The number of hydrogen-bond donors (Lipinski definition) is 0. The highest BCUT2D eigenvalue weighted by atomic mass is 16.5. The maximum atomic E-state index is 11.1. The molecule has 0 aromatic carbocycles. The number of ether oxygens (including phenoxy) is 1. The number of hydrogen-bond acceptors (Lipinski definition) is 2. The van der Waals surface area contributed by atoms with Crippen molar-refractivity contribution < 1.29 is 9.53 Å². The molecule has 1 aliphatic heterocycles. The molecule has 0 aromatic heterocycles. The Labute approximate surface area is 66.6 Å². The van der Waals surface area contributed by atoms with Gasteiger partial charge in [-0.3, -0.25) is 4.79 Å². The van der Waals surface area contributed by atoms with Crippen LogP contribution in [-0.4, -0.2) is 36.6 Å². The lowest BCUT2D eigenvalue weighted by atomic mass is 10.2. The van der Waals surface area contributed by atoms with Crippen LogP contribution in [-0.2, 0) is 9.53 Å². The van der Waals surface area contributed by atoms with Crippen LogP contribution >= 0.6 is 0 Å². The molecule has 1 aliphatic rings. The fraction of sp³-hybridized carbons (Fsp3) is 0.625. The number of morpholine rings is 1. The molecule has 0 saturated carbocycles. The van der Waals surface area contributed by atoms with Crippen LogP contribution in [0.1, 0.15) is 6.92 Å². The third kappa shape index (κ3) is 1.80. The van der Waals surface area contributed by atoms with Crippen molar-refractivity contribution in [2.45, 2.75) is 13.0 Å². The molecule has 0 radical (unpaired) electrons. The van der Waals surface area contributed by atoms with E-state index in [-0.39, 0.29) is 11.9 Å². The minimum atomic E-state index is 0.000741. The first kappa shape index (κ1) is 8.27. The van der Waals surface area contributed by atoms with Gasteiger partial charge in [0.1, 0.15) is 0 Å². The summed E-state index contributed by atoms with van der Waals surface area (Å²) in [6.45, 7) is 7.38. The first-order valence-electron chi connectivity index (χ1n) is 3.76. The first-order chi connectivity index (χ1) is 5.25. The summed E-state index contributed by atoms with van der Waals surface area (Å²) in [7, 11) is 0. The van der Waals surface area contributed by atoms with Crippen LogP contribution in [0.25, 0.3) is 0 Å². The molecular weight excluding hydrogens is 142 g/mol. The van der Waals surface area contributed by atoms with Crippen LogP contribution in [0, 0.1) is 0 Å². The Morgan fingerprint density at radius 2 is 2.55 bits per heavy atom. The summed E-state index contributed by atoms with van der Waals surface area (Å²) in [5.41, 5.74) is 0. The van der Waals surface area contributed by atoms with Crippen LogP contribution < -0.4 is 0 Å². The molecule has 0 unspecified atom stereocenters. The van der Waals surface area contributed by atoms with Gasteiger partial charge in [0.25, 0.3) is 0 Å². The number of carbonyl (C=O) groups excluding carboxylic acids is 1. The van der Waals surface area contributed by atoms with E-state index < -0.39 is 0 Å². The fourth-order valence-corrected chi connectivity index (χ4v) is 1.17. The Kier molecular flexibility index (Phi) is 2.65. The predicted octanol–water partition coefficient (Wildman–Crippen LogP) is 0.420. The summed E-state index contributed by atoms with van der Waals surface area (Å²) in [4.78, 5) is 12.9. The molecule has 0 aromatic rings. The second-order valence-electron chi connectivity index (χ2n) is 2.66. The van der Waals surface area contributed by atoms with Crippen LogP contribution in [0.15, 0.2) is 12.7 Å². The van der Waals surface area contributed by atoms with Crippen molar-refractivity contribution >= 4 is 5.91 Å². The van der Waals surface area contributed by atoms with Crippen LogP contribution in [0.2, 0.25) is 0 Å². The summed E-state index contributed by atoms with van der Waals surface area (Å²) in [5, 5.41) is 0. The third-order valence-electron chi connectivity index (χ3n) is 1.83. The Morgan fingerprint density at radius 3 is 3.09 bits per heavy atom. The van der Waals surface area contributed by atoms with Crippen molar-refractivity contribution in [3.63, 3.8) is 0 Å². The van der Waals surface area contributed by atoms with Crippen LogP contribution in [0.3, 0.4) is 0 Å². The van der Waals surface area contributed by atoms with Crippen molar-refractivity contribution in [2.75, 3.05) is 19.8 Å². The average molecular weight is 155 g/mol. The van der Waals surface area contributed by atoms with Gasteiger partial charge in [-0.05, 0) is 13.0 Å². The molecular formula is C8H13NO2. The highest BCUT2D eigenvalue weighted by Crippen LogP contribution is 2.05. The van der Waals surface area contributed by atoms with E-state index in [0.717, 1.165) is 0 Å². The van der Waals surface area contributed by atoms with E-state index in [1.807, 2.05) is 6.92 Å². The molecule has 62 valence electrons. The predicted molar refractivity (Wildman–Crippen MR) is 42.2 cm³/mol. The molecule has 0 N–H and O–H groups in total. The van der Waals surface area contributed by atoms with Crippen LogP contribution in [0.5, 0.6) is 0 Å². The summed E-state index contributed by atoms with van der Waals surface area (Å²) in [5.74, 6) is 0.000741. The summed E-state index contributed by atoms with van der Waals surface area (Å²) in [6, 6.07) is 0.189. The lowest BCUT2D eigenvalue weighted by molar-refractivity contribution is -0.133. The summed E-state index contributed by atoms with van der Waals surface area (Å²) < 4.78 is 5.18. The molecule has 1 heterocycles. The number of rotatable bonds is 1. The Hall–Kier alpha value is -0.830. The van der Waals surface area contributed by atoms with Gasteiger partial charge in [-0.25, -0.2) is 0 Å². The minimum absolute atomic E-state index is 0.000741.